The average molecular weight is 308 g/mol. The van der Waals surface area contributed by atoms with Gasteiger partial charge >= 0.3 is 0 Å². The van der Waals surface area contributed by atoms with Crippen molar-refractivity contribution in [3.8, 4) is 0 Å². The molecule has 1 fully saturated rings. The third-order valence-electron chi connectivity index (χ3n) is 4.11. The van der Waals surface area contributed by atoms with Gasteiger partial charge in [-0.25, -0.2) is 4.98 Å². The molecule has 0 amide bonds. The Labute approximate surface area is 132 Å². The molecule has 1 heterocycles. The quantitative estimate of drug-likeness (QED) is 0.573. The summed E-state index contributed by atoms with van der Waals surface area (Å²) in [5.74, 6) is 1.01. The number of hydrogen-bond acceptors (Lipinski definition) is 4. The van der Waals surface area contributed by atoms with E-state index >= 15 is 0 Å². The first-order valence-electron chi connectivity index (χ1n) is 7.66. The van der Waals surface area contributed by atoms with Crippen LogP contribution in [0.2, 0.25) is 0 Å². The molecule has 0 unspecified atom stereocenters. The molecular weight excluding hydrogens is 292 g/mol. The maximum atomic E-state index is 10.7. The van der Waals surface area contributed by atoms with Gasteiger partial charge in [0.25, 0.3) is 5.69 Å². The fourth-order valence-electron chi connectivity index (χ4n) is 2.84. The van der Waals surface area contributed by atoms with Gasteiger partial charge in [-0.05, 0) is 37.1 Å². The van der Waals surface area contributed by atoms with Gasteiger partial charge < -0.3 is 9.88 Å². The Balaban J connectivity index is 1.58. The zero-order chi connectivity index (χ0) is 15.8. The van der Waals surface area contributed by atoms with Gasteiger partial charge in [0.05, 0.1) is 22.5 Å². The van der Waals surface area contributed by atoms with Crippen LogP contribution in [0, 0.1) is 10.1 Å². The van der Waals surface area contributed by atoms with Crippen molar-refractivity contribution in [1.82, 2.24) is 9.55 Å². The van der Waals surface area contributed by atoms with Crippen molar-refractivity contribution in [3.05, 3.63) is 64.5 Å². The van der Waals surface area contributed by atoms with Crippen LogP contribution in [-0.2, 0) is 6.54 Å². The highest BCUT2D eigenvalue weighted by Crippen LogP contribution is 2.38. The second kappa shape index (κ2) is 5.39. The molecule has 0 saturated heterocycles. The van der Waals surface area contributed by atoms with Crippen LogP contribution < -0.4 is 5.32 Å². The molecule has 6 heteroatoms. The molecule has 23 heavy (non-hydrogen) atoms. The van der Waals surface area contributed by atoms with Crippen LogP contribution in [0.1, 0.15) is 24.7 Å². The molecule has 116 valence electrons. The second-order valence-corrected chi connectivity index (χ2v) is 5.78. The van der Waals surface area contributed by atoms with Gasteiger partial charge in [-0.15, -0.1) is 0 Å². The van der Waals surface area contributed by atoms with Gasteiger partial charge in [0, 0.05) is 23.9 Å². The van der Waals surface area contributed by atoms with Gasteiger partial charge in [-0.3, -0.25) is 10.1 Å². The number of nitro benzene ring substituents is 1. The SMILES string of the molecule is O=[N+]([O-])c1ccc(NCc2nc3ccccc3n2C2CC2)cc1. The summed E-state index contributed by atoms with van der Waals surface area (Å²) in [5, 5.41) is 14.0. The monoisotopic (exact) mass is 308 g/mol. The number of benzene rings is 2. The highest BCUT2D eigenvalue weighted by molar-refractivity contribution is 5.76. The van der Waals surface area contributed by atoms with Gasteiger partial charge in [0.1, 0.15) is 5.82 Å². The molecule has 0 bridgehead atoms. The summed E-state index contributed by atoms with van der Waals surface area (Å²) in [6, 6.07) is 15.2. The minimum atomic E-state index is -0.393. The Bertz CT molecular complexity index is 866. The average Bonchev–Trinajstić information content (AvgIpc) is 3.33. The summed E-state index contributed by atoms with van der Waals surface area (Å²) >= 11 is 0. The Hall–Kier alpha value is -2.89. The molecule has 1 N–H and O–H groups in total. The number of rotatable bonds is 5. The molecule has 2 aromatic carbocycles. The molecule has 0 radical (unpaired) electrons. The van der Waals surface area contributed by atoms with Crippen molar-refractivity contribution in [2.45, 2.75) is 25.4 Å². The Morgan fingerprint density at radius 2 is 1.91 bits per heavy atom. The molecule has 6 nitrogen and oxygen atoms in total. The summed E-state index contributed by atoms with van der Waals surface area (Å²) in [5.41, 5.74) is 3.14. The van der Waals surface area contributed by atoms with Crippen LogP contribution in [0.3, 0.4) is 0 Å². The Morgan fingerprint density at radius 1 is 1.17 bits per heavy atom. The van der Waals surface area contributed by atoms with Crippen LogP contribution in [0.15, 0.2) is 48.5 Å². The Kier molecular flexibility index (Phi) is 3.22. The predicted molar refractivity (Wildman–Crippen MR) is 88.4 cm³/mol. The van der Waals surface area contributed by atoms with Crippen LogP contribution >= 0.6 is 0 Å². The van der Waals surface area contributed by atoms with E-state index in [2.05, 4.69) is 16.0 Å². The topological polar surface area (TPSA) is 73.0 Å². The van der Waals surface area contributed by atoms with Crippen LogP contribution in [-0.4, -0.2) is 14.5 Å². The van der Waals surface area contributed by atoms with Crippen molar-refractivity contribution in [2.24, 2.45) is 0 Å². The summed E-state index contributed by atoms with van der Waals surface area (Å²) in [4.78, 5) is 15.0. The van der Waals surface area contributed by atoms with Gasteiger partial charge in [0.2, 0.25) is 0 Å². The van der Waals surface area contributed by atoms with E-state index < -0.39 is 4.92 Å². The van der Waals surface area contributed by atoms with E-state index in [0.29, 0.717) is 12.6 Å². The summed E-state index contributed by atoms with van der Waals surface area (Å²) in [6.07, 6.45) is 2.40. The third kappa shape index (κ3) is 2.63. The number of nitrogens with zero attached hydrogens (tertiary/aromatic N) is 3. The number of nitrogens with one attached hydrogen (secondary N) is 1. The molecule has 0 atom stereocenters. The standard InChI is InChI=1S/C17H16N4O2/c22-21(23)14-7-5-12(6-8-14)18-11-17-19-15-3-1-2-4-16(15)20(17)13-9-10-13/h1-8,13,18H,9-11H2. The number of para-hydroxylation sites is 2. The number of aromatic nitrogens is 2. The first kappa shape index (κ1) is 13.8. The summed E-state index contributed by atoms with van der Waals surface area (Å²) in [7, 11) is 0. The normalized spacial score (nSPS) is 14.1. The van der Waals surface area contributed by atoms with Crippen molar-refractivity contribution in [3.63, 3.8) is 0 Å². The maximum Gasteiger partial charge on any atom is 0.269 e. The van der Waals surface area contributed by atoms with Gasteiger partial charge in [-0.2, -0.15) is 0 Å². The number of imidazole rings is 1. The molecule has 4 rings (SSSR count). The van der Waals surface area contributed by atoms with Crippen molar-refractivity contribution in [1.29, 1.82) is 0 Å². The molecule has 0 aliphatic heterocycles. The van der Waals surface area contributed by atoms with Crippen LogP contribution in [0.4, 0.5) is 11.4 Å². The maximum absolute atomic E-state index is 10.7. The fourth-order valence-corrected chi connectivity index (χ4v) is 2.84. The van der Waals surface area contributed by atoms with Crippen molar-refractivity contribution >= 4 is 22.4 Å². The highest BCUT2D eigenvalue weighted by atomic mass is 16.6. The summed E-state index contributed by atoms with van der Waals surface area (Å²) in [6.45, 7) is 0.600. The highest BCUT2D eigenvalue weighted by Gasteiger charge is 2.27. The van der Waals surface area contributed by atoms with E-state index in [0.717, 1.165) is 17.0 Å². The molecule has 1 aliphatic rings. The summed E-state index contributed by atoms with van der Waals surface area (Å²) < 4.78 is 2.31. The predicted octanol–water partition coefficient (Wildman–Crippen LogP) is 3.89. The van der Waals surface area contributed by atoms with Gasteiger partial charge in [-0.1, -0.05) is 12.1 Å². The zero-order valence-corrected chi connectivity index (χ0v) is 12.5. The van der Waals surface area contributed by atoms with Gasteiger partial charge in [0.15, 0.2) is 0 Å². The lowest BCUT2D eigenvalue weighted by Crippen LogP contribution is -2.07. The lowest BCUT2D eigenvalue weighted by atomic mass is 10.3. The number of non-ortho nitro benzene ring substituents is 1. The zero-order valence-electron chi connectivity index (χ0n) is 12.5. The van der Waals surface area contributed by atoms with E-state index in [1.54, 1.807) is 12.1 Å². The minimum Gasteiger partial charge on any atom is -0.378 e. The molecule has 1 saturated carbocycles. The molecule has 1 aliphatic carbocycles. The van der Waals surface area contributed by atoms with Crippen molar-refractivity contribution < 1.29 is 4.92 Å². The molecule has 0 spiro atoms. The molecule has 1 aromatic heterocycles. The first-order chi connectivity index (χ1) is 11.2. The van der Waals surface area contributed by atoms with Crippen LogP contribution in [0.25, 0.3) is 11.0 Å². The fraction of sp³-hybridized carbons (Fsp3) is 0.235. The van der Waals surface area contributed by atoms with E-state index in [4.69, 9.17) is 4.98 Å². The molecular formula is C17H16N4O2. The second-order valence-electron chi connectivity index (χ2n) is 5.78. The number of nitro groups is 1. The smallest absolute Gasteiger partial charge is 0.269 e. The minimum absolute atomic E-state index is 0.0979. The van der Waals surface area contributed by atoms with E-state index in [-0.39, 0.29) is 5.69 Å². The Morgan fingerprint density at radius 3 is 2.61 bits per heavy atom. The number of fused-ring (bicyclic) bond motifs is 1. The third-order valence-corrected chi connectivity index (χ3v) is 4.11. The number of hydrogen-bond donors (Lipinski definition) is 1. The lowest BCUT2D eigenvalue weighted by molar-refractivity contribution is -0.384. The van der Waals surface area contributed by atoms with Crippen molar-refractivity contribution in [2.75, 3.05) is 5.32 Å². The molecule has 3 aromatic rings. The largest absolute Gasteiger partial charge is 0.378 e. The number of anilines is 1. The lowest BCUT2D eigenvalue weighted by Gasteiger charge is -2.09. The van der Waals surface area contributed by atoms with E-state index in [1.165, 1.54) is 30.5 Å². The van der Waals surface area contributed by atoms with Crippen LogP contribution in [0.5, 0.6) is 0 Å². The van der Waals surface area contributed by atoms with E-state index in [9.17, 15) is 10.1 Å². The first-order valence-corrected chi connectivity index (χ1v) is 7.66. The van der Waals surface area contributed by atoms with E-state index in [1.807, 2.05) is 18.2 Å².